The van der Waals surface area contributed by atoms with Crippen molar-refractivity contribution < 1.29 is 38.2 Å². The van der Waals surface area contributed by atoms with Gasteiger partial charge in [0.2, 0.25) is 0 Å². The van der Waals surface area contributed by atoms with Gasteiger partial charge in [-0.3, -0.25) is 0 Å². The molecule has 0 saturated carbocycles. The normalized spacial score (nSPS) is 27.1. The molecule has 3 unspecified atom stereocenters. The Balaban J connectivity index is 0.000000351. The fourth-order valence-corrected chi connectivity index (χ4v) is 2.64. The van der Waals surface area contributed by atoms with Gasteiger partial charge in [0.25, 0.3) is 0 Å². The Morgan fingerprint density at radius 2 is 1.92 bits per heavy atom. The Bertz CT molecular complexity index is 524. The van der Waals surface area contributed by atoms with Gasteiger partial charge in [0, 0.05) is 12.0 Å². The zero-order chi connectivity index (χ0) is 18.4. The average molecular weight is 349 g/mol. The lowest BCUT2D eigenvalue weighted by Crippen LogP contribution is -3.14. The first-order chi connectivity index (χ1) is 11.1. The molecule has 136 valence electrons. The molecule has 1 fully saturated rings. The molecule has 2 rings (SSSR count). The van der Waals surface area contributed by atoms with E-state index in [9.17, 15) is 23.4 Å². The fraction of sp³-hybridized carbons (Fsp3) is 0.562. The maximum Gasteiger partial charge on any atom is 0.430 e. The molecule has 8 heteroatoms. The van der Waals surface area contributed by atoms with Crippen LogP contribution in [0.3, 0.4) is 0 Å². The number of benzene rings is 1. The number of quaternary nitrogens is 1. The number of aliphatic hydroxyl groups is 2. The summed E-state index contributed by atoms with van der Waals surface area (Å²) in [7, 11) is 0. The van der Waals surface area contributed by atoms with Crippen LogP contribution in [-0.4, -0.2) is 47.2 Å². The number of alkyl halides is 3. The number of nitrogens with one attached hydrogen (secondary N) is 1. The van der Waals surface area contributed by atoms with Crippen molar-refractivity contribution in [3.63, 3.8) is 0 Å². The molecule has 0 aliphatic carbocycles. The van der Waals surface area contributed by atoms with E-state index in [-0.39, 0.29) is 0 Å². The monoisotopic (exact) mass is 349 g/mol. The third-order valence-electron chi connectivity index (χ3n) is 4.09. The van der Waals surface area contributed by atoms with E-state index in [1.54, 1.807) is 0 Å². The molecule has 1 aliphatic heterocycles. The van der Waals surface area contributed by atoms with E-state index >= 15 is 0 Å². The van der Waals surface area contributed by atoms with E-state index in [4.69, 9.17) is 9.90 Å². The highest BCUT2D eigenvalue weighted by atomic mass is 19.4. The van der Waals surface area contributed by atoms with Crippen molar-refractivity contribution >= 4 is 5.97 Å². The number of aliphatic hydroxyl groups excluding tert-OH is 1. The van der Waals surface area contributed by atoms with Crippen molar-refractivity contribution in [2.75, 3.05) is 13.1 Å². The highest BCUT2D eigenvalue weighted by molar-refractivity contribution is 5.70. The predicted molar refractivity (Wildman–Crippen MR) is 77.8 cm³/mol. The van der Waals surface area contributed by atoms with Crippen LogP contribution in [0, 0.1) is 0 Å². The first-order valence-corrected chi connectivity index (χ1v) is 7.64. The number of aliphatic carboxylic acids is 1. The minimum Gasteiger partial charge on any atom is -0.542 e. The van der Waals surface area contributed by atoms with Gasteiger partial charge in [-0.25, -0.2) is 0 Å². The molecule has 0 amide bonds. The number of hydrogen-bond donors (Lipinski definition) is 3. The van der Waals surface area contributed by atoms with Gasteiger partial charge in [0.15, 0.2) is 0 Å². The number of carbonyl (C=O) groups excluding carboxylic acids is 1. The van der Waals surface area contributed by atoms with Gasteiger partial charge >= 0.3 is 6.18 Å². The lowest BCUT2D eigenvalue weighted by atomic mass is 9.87. The Morgan fingerprint density at radius 3 is 2.38 bits per heavy atom. The quantitative estimate of drug-likeness (QED) is 0.672. The average Bonchev–Trinajstić information content (AvgIpc) is 2.52. The molecular weight excluding hydrogens is 327 g/mol. The number of carbonyl (C=O) groups is 1. The summed E-state index contributed by atoms with van der Waals surface area (Å²) in [6.07, 6.45) is -4.45. The summed E-state index contributed by atoms with van der Waals surface area (Å²) in [4.78, 5) is 10.1. The summed E-state index contributed by atoms with van der Waals surface area (Å²) < 4.78 is 31.5. The molecule has 24 heavy (non-hydrogen) atoms. The van der Waals surface area contributed by atoms with Crippen molar-refractivity contribution in [2.45, 2.75) is 44.2 Å². The molecule has 1 saturated heterocycles. The molecule has 1 aliphatic rings. The van der Waals surface area contributed by atoms with Crippen LogP contribution in [0.2, 0.25) is 0 Å². The zero-order valence-electron chi connectivity index (χ0n) is 13.3. The first kappa shape index (κ1) is 20.4. The summed E-state index contributed by atoms with van der Waals surface area (Å²) in [5, 5.41) is 29.0. The number of rotatable bonds is 3. The molecule has 5 nitrogen and oxygen atoms in total. The molecule has 0 bridgehead atoms. The maximum absolute atomic E-state index is 10.5. The topological polar surface area (TPSA) is 85.0 Å². The summed E-state index contributed by atoms with van der Waals surface area (Å²) in [5.41, 5.74) is 0.389. The Kier molecular flexibility index (Phi) is 7.19. The molecule has 3 atom stereocenters. The highest BCUT2D eigenvalue weighted by Gasteiger charge is 2.42. The van der Waals surface area contributed by atoms with Gasteiger partial charge in [-0.15, -0.1) is 0 Å². The summed E-state index contributed by atoms with van der Waals surface area (Å²) in [6, 6.07) is 10.3. The zero-order valence-corrected chi connectivity index (χ0v) is 13.3. The van der Waals surface area contributed by atoms with Crippen LogP contribution < -0.4 is 10.0 Å². The maximum atomic E-state index is 10.5. The number of piperidine rings is 1. The molecule has 0 radical (unpaired) electrons. The highest BCUT2D eigenvalue weighted by Crippen LogP contribution is 2.18. The lowest BCUT2D eigenvalue weighted by molar-refractivity contribution is -0.927. The third-order valence-corrected chi connectivity index (χ3v) is 4.09. The third kappa shape index (κ3) is 6.10. The van der Waals surface area contributed by atoms with Gasteiger partial charge in [-0.2, -0.15) is 13.2 Å². The SMILES string of the molecule is CCC1(O)C[NH+](Cc2ccccc2)CCC1O.O=C([O-])C(F)(F)F. The van der Waals surface area contributed by atoms with Gasteiger partial charge in [0.05, 0.1) is 12.6 Å². The largest absolute Gasteiger partial charge is 0.542 e. The second kappa shape index (κ2) is 8.46. The predicted octanol–water partition coefficient (Wildman–Crippen LogP) is -0.724. The van der Waals surface area contributed by atoms with Crippen molar-refractivity contribution in [1.29, 1.82) is 0 Å². The van der Waals surface area contributed by atoms with Crippen LogP contribution in [0.15, 0.2) is 30.3 Å². The van der Waals surface area contributed by atoms with Crippen molar-refractivity contribution in [3.8, 4) is 0 Å². The molecule has 1 aromatic rings. The van der Waals surface area contributed by atoms with Gasteiger partial charge in [0.1, 0.15) is 24.7 Å². The number of halogens is 3. The van der Waals surface area contributed by atoms with Crippen LogP contribution in [0.1, 0.15) is 25.3 Å². The van der Waals surface area contributed by atoms with Gasteiger partial charge in [-0.1, -0.05) is 37.3 Å². The van der Waals surface area contributed by atoms with Gasteiger partial charge in [-0.05, 0) is 6.42 Å². The smallest absolute Gasteiger partial charge is 0.430 e. The summed E-state index contributed by atoms with van der Waals surface area (Å²) in [5.74, 6) is -3.01. The summed E-state index contributed by atoms with van der Waals surface area (Å²) in [6.45, 7) is 4.43. The van der Waals surface area contributed by atoms with Crippen LogP contribution in [0.25, 0.3) is 0 Å². The van der Waals surface area contributed by atoms with Crippen molar-refractivity contribution in [3.05, 3.63) is 35.9 Å². The van der Waals surface area contributed by atoms with E-state index in [1.807, 2.05) is 25.1 Å². The van der Waals surface area contributed by atoms with E-state index < -0.39 is 23.9 Å². The fourth-order valence-electron chi connectivity index (χ4n) is 2.64. The number of carboxylic acid groups (broad SMARTS) is 1. The number of likely N-dealkylation sites (tertiary alicyclic amines) is 1. The van der Waals surface area contributed by atoms with E-state index in [1.165, 1.54) is 10.5 Å². The number of carboxylic acids is 1. The molecule has 0 aromatic heterocycles. The summed E-state index contributed by atoms with van der Waals surface area (Å²) >= 11 is 0. The van der Waals surface area contributed by atoms with Gasteiger partial charge < -0.3 is 25.0 Å². The van der Waals surface area contributed by atoms with Crippen LogP contribution in [0.4, 0.5) is 13.2 Å². The first-order valence-electron chi connectivity index (χ1n) is 7.64. The van der Waals surface area contributed by atoms with E-state index in [2.05, 4.69) is 12.1 Å². The van der Waals surface area contributed by atoms with E-state index in [0.29, 0.717) is 19.4 Å². The molecular formula is C16H22F3NO4. The minimum absolute atomic E-state index is 0.563. The lowest BCUT2D eigenvalue weighted by Gasteiger charge is -2.39. The Hall–Kier alpha value is -1.64. The Labute approximate surface area is 138 Å². The molecule has 1 heterocycles. The van der Waals surface area contributed by atoms with E-state index in [0.717, 1.165) is 13.1 Å². The van der Waals surface area contributed by atoms with Crippen LogP contribution in [-0.2, 0) is 11.3 Å². The number of hydrogen-bond acceptors (Lipinski definition) is 4. The second-order valence-corrected chi connectivity index (χ2v) is 5.89. The van der Waals surface area contributed by atoms with Crippen LogP contribution >= 0.6 is 0 Å². The standard InChI is InChI=1S/C14H21NO2.C2HF3O2/c1-2-14(17)11-15(9-8-13(14)16)10-12-6-4-3-5-7-12;3-2(4,5)1(6)7/h3-7,13,16-17H,2,8-11H2,1H3;(H,6,7). The van der Waals surface area contributed by atoms with Crippen LogP contribution in [0.5, 0.6) is 0 Å². The molecule has 3 N–H and O–H groups in total. The molecule has 1 aromatic carbocycles. The van der Waals surface area contributed by atoms with Crippen molar-refractivity contribution in [2.24, 2.45) is 0 Å². The Morgan fingerprint density at radius 1 is 1.38 bits per heavy atom. The minimum atomic E-state index is -5.19. The second-order valence-electron chi connectivity index (χ2n) is 5.89. The van der Waals surface area contributed by atoms with Crippen molar-refractivity contribution in [1.82, 2.24) is 0 Å². The molecule has 0 spiro atoms.